The summed E-state index contributed by atoms with van der Waals surface area (Å²) in [6.45, 7) is 8.69. The third-order valence-corrected chi connectivity index (χ3v) is 3.67. The smallest absolute Gasteiger partial charge is 0.227 e. The standard InChI is InChI=1S/C15H19NO2/c1-10(2)12-9-16(15(18)8-11(12)3)13-6-4-5-7-14(13)17/h4-7,11-12,17H,1,8-9H2,2-3H3. The Hall–Kier alpha value is -1.77. The molecule has 1 N–H and O–H groups in total. The van der Waals surface area contributed by atoms with Crippen LogP contribution in [-0.4, -0.2) is 17.6 Å². The SMILES string of the molecule is C=C(C)C1CN(c2ccccc2O)C(=O)CC1C. The first kappa shape index (κ1) is 12.7. The highest BCUT2D eigenvalue weighted by atomic mass is 16.3. The van der Waals surface area contributed by atoms with Gasteiger partial charge in [-0.1, -0.05) is 31.2 Å². The quantitative estimate of drug-likeness (QED) is 0.814. The van der Waals surface area contributed by atoms with Crippen molar-refractivity contribution in [3.05, 3.63) is 36.4 Å². The molecule has 0 bridgehead atoms. The van der Waals surface area contributed by atoms with E-state index in [4.69, 9.17) is 0 Å². The van der Waals surface area contributed by atoms with Crippen LogP contribution in [0.25, 0.3) is 0 Å². The minimum absolute atomic E-state index is 0.0708. The van der Waals surface area contributed by atoms with Gasteiger partial charge in [0.25, 0.3) is 0 Å². The number of phenolic OH excluding ortho intramolecular Hbond substituents is 1. The van der Waals surface area contributed by atoms with E-state index in [2.05, 4.69) is 13.5 Å². The van der Waals surface area contributed by atoms with Gasteiger partial charge in [0.05, 0.1) is 5.69 Å². The number of anilines is 1. The zero-order chi connectivity index (χ0) is 13.3. The molecule has 1 fully saturated rings. The third-order valence-electron chi connectivity index (χ3n) is 3.67. The second-order valence-electron chi connectivity index (χ2n) is 5.13. The van der Waals surface area contributed by atoms with E-state index < -0.39 is 0 Å². The van der Waals surface area contributed by atoms with Gasteiger partial charge in [-0.15, -0.1) is 0 Å². The Morgan fingerprint density at radius 2 is 2.11 bits per heavy atom. The first-order valence-electron chi connectivity index (χ1n) is 6.24. The monoisotopic (exact) mass is 245 g/mol. The molecule has 1 saturated heterocycles. The van der Waals surface area contributed by atoms with Crippen LogP contribution >= 0.6 is 0 Å². The highest BCUT2D eigenvalue weighted by Crippen LogP contribution is 2.35. The van der Waals surface area contributed by atoms with Crippen LogP contribution in [-0.2, 0) is 4.79 Å². The highest BCUT2D eigenvalue weighted by Gasteiger charge is 2.33. The summed E-state index contributed by atoms with van der Waals surface area (Å²) in [5, 5.41) is 9.85. The van der Waals surface area contributed by atoms with Crippen molar-refractivity contribution in [1.29, 1.82) is 0 Å². The van der Waals surface area contributed by atoms with Crippen molar-refractivity contribution in [2.75, 3.05) is 11.4 Å². The zero-order valence-corrected chi connectivity index (χ0v) is 10.9. The summed E-state index contributed by atoms with van der Waals surface area (Å²) < 4.78 is 0. The summed E-state index contributed by atoms with van der Waals surface area (Å²) >= 11 is 0. The number of carbonyl (C=O) groups is 1. The van der Waals surface area contributed by atoms with Gasteiger partial charge in [-0.05, 0) is 25.0 Å². The predicted octanol–water partition coefficient (Wildman–Crippen LogP) is 2.96. The molecule has 18 heavy (non-hydrogen) atoms. The lowest BCUT2D eigenvalue weighted by atomic mass is 9.82. The lowest BCUT2D eigenvalue weighted by Crippen LogP contribution is -2.44. The lowest BCUT2D eigenvalue weighted by Gasteiger charge is -2.37. The van der Waals surface area contributed by atoms with Crippen molar-refractivity contribution in [2.24, 2.45) is 11.8 Å². The van der Waals surface area contributed by atoms with Crippen molar-refractivity contribution >= 4 is 11.6 Å². The van der Waals surface area contributed by atoms with Gasteiger partial charge in [-0.3, -0.25) is 4.79 Å². The van der Waals surface area contributed by atoms with Crippen molar-refractivity contribution in [1.82, 2.24) is 0 Å². The molecular weight excluding hydrogens is 226 g/mol. The highest BCUT2D eigenvalue weighted by molar-refractivity contribution is 5.95. The van der Waals surface area contributed by atoms with Gasteiger partial charge < -0.3 is 10.0 Å². The second kappa shape index (κ2) is 4.84. The number of rotatable bonds is 2. The Morgan fingerprint density at radius 3 is 2.72 bits per heavy atom. The first-order chi connectivity index (χ1) is 8.50. The molecule has 0 radical (unpaired) electrons. The topological polar surface area (TPSA) is 40.5 Å². The van der Waals surface area contributed by atoms with Crippen LogP contribution in [0.3, 0.4) is 0 Å². The van der Waals surface area contributed by atoms with Crippen LogP contribution in [0.4, 0.5) is 5.69 Å². The lowest BCUT2D eigenvalue weighted by molar-refractivity contribution is -0.121. The summed E-state index contributed by atoms with van der Waals surface area (Å²) in [5.74, 6) is 0.835. The number of benzene rings is 1. The van der Waals surface area contributed by atoms with Gasteiger partial charge in [0.2, 0.25) is 5.91 Å². The Bertz CT molecular complexity index is 481. The van der Waals surface area contributed by atoms with Crippen LogP contribution in [0.2, 0.25) is 0 Å². The van der Waals surface area contributed by atoms with Gasteiger partial charge >= 0.3 is 0 Å². The molecule has 0 spiro atoms. The molecule has 2 unspecified atom stereocenters. The molecule has 0 aromatic heterocycles. The van der Waals surface area contributed by atoms with E-state index in [0.717, 1.165) is 5.57 Å². The van der Waals surface area contributed by atoms with Gasteiger partial charge in [0, 0.05) is 18.9 Å². The molecule has 96 valence electrons. The second-order valence-corrected chi connectivity index (χ2v) is 5.13. The van der Waals surface area contributed by atoms with Crippen molar-refractivity contribution in [2.45, 2.75) is 20.3 Å². The van der Waals surface area contributed by atoms with Gasteiger partial charge in [0.15, 0.2) is 0 Å². The molecule has 1 aliphatic rings. The fourth-order valence-electron chi connectivity index (χ4n) is 2.57. The van der Waals surface area contributed by atoms with Crippen LogP contribution < -0.4 is 4.90 Å². The van der Waals surface area contributed by atoms with E-state index >= 15 is 0 Å². The van der Waals surface area contributed by atoms with E-state index in [1.807, 2.05) is 13.0 Å². The van der Waals surface area contributed by atoms with E-state index in [0.29, 0.717) is 30.5 Å². The third kappa shape index (κ3) is 2.26. The van der Waals surface area contributed by atoms with E-state index in [1.54, 1.807) is 23.1 Å². The summed E-state index contributed by atoms with van der Waals surface area (Å²) in [4.78, 5) is 13.8. The Morgan fingerprint density at radius 1 is 1.44 bits per heavy atom. The van der Waals surface area contributed by atoms with E-state index in [-0.39, 0.29) is 11.7 Å². The number of hydrogen-bond donors (Lipinski definition) is 1. The van der Waals surface area contributed by atoms with Crippen LogP contribution in [0.15, 0.2) is 36.4 Å². The minimum atomic E-state index is 0.0708. The fraction of sp³-hybridized carbons (Fsp3) is 0.400. The number of phenols is 1. The first-order valence-corrected chi connectivity index (χ1v) is 6.24. The summed E-state index contributed by atoms with van der Waals surface area (Å²) in [7, 11) is 0. The van der Waals surface area contributed by atoms with Crippen LogP contribution in [0, 0.1) is 11.8 Å². The predicted molar refractivity (Wildman–Crippen MR) is 72.5 cm³/mol. The van der Waals surface area contributed by atoms with Crippen molar-refractivity contribution in [3.8, 4) is 5.75 Å². The largest absolute Gasteiger partial charge is 0.506 e. The molecular formula is C15H19NO2. The van der Waals surface area contributed by atoms with Crippen molar-refractivity contribution in [3.63, 3.8) is 0 Å². The number of piperidine rings is 1. The summed E-state index contributed by atoms with van der Waals surface area (Å²) in [6, 6.07) is 6.97. The Kier molecular flexibility index (Phi) is 3.41. The number of nitrogens with zero attached hydrogens (tertiary/aromatic N) is 1. The molecule has 1 aromatic rings. The summed E-state index contributed by atoms with van der Waals surface area (Å²) in [5.41, 5.74) is 1.69. The molecule has 1 aliphatic heterocycles. The number of hydrogen-bond acceptors (Lipinski definition) is 2. The Labute approximate surface area is 108 Å². The maximum absolute atomic E-state index is 12.1. The normalized spacial score (nSPS) is 24.1. The molecule has 1 aromatic carbocycles. The average Bonchev–Trinajstić information content (AvgIpc) is 2.30. The fourth-order valence-corrected chi connectivity index (χ4v) is 2.57. The minimum Gasteiger partial charge on any atom is -0.506 e. The number of carbonyl (C=O) groups excluding carboxylic acids is 1. The zero-order valence-electron chi connectivity index (χ0n) is 10.9. The number of aromatic hydroxyl groups is 1. The summed E-state index contributed by atoms with van der Waals surface area (Å²) in [6.07, 6.45) is 0.506. The van der Waals surface area contributed by atoms with Crippen molar-refractivity contribution < 1.29 is 9.90 Å². The number of para-hydroxylation sites is 2. The molecule has 0 aliphatic carbocycles. The van der Waals surface area contributed by atoms with Gasteiger partial charge in [0.1, 0.15) is 5.75 Å². The average molecular weight is 245 g/mol. The molecule has 0 saturated carbocycles. The maximum Gasteiger partial charge on any atom is 0.227 e. The Balaban J connectivity index is 2.30. The molecule has 2 atom stereocenters. The van der Waals surface area contributed by atoms with Gasteiger partial charge in [-0.2, -0.15) is 0 Å². The molecule has 3 heteroatoms. The van der Waals surface area contributed by atoms with Gasteiger partial charge in [-0.25, -0.2) is 0 Å². The molecule has 3 nitrogen and oxygen atoms in total. The molecule has 1 heterocycles. The maximum atomic E-state index is 12.1. The molecule has 2 rings (SSSR count). The van der Waals surface area contributed by atoms with E-state index in [1.165, 1.54) is 0 Å². The van der Waals surface area contributed by atoms with Crippen LogP contribution in [0.5, 0.6) is 5.75 Å². The number of amides is 1. The van der Waals surface area contributed by atoms with E-state index in [9.17, 15) is 9.90 Å². The van der Waals surface area contributed by atoms with Crippen LogP contribution in [0.1, 0.15) is 20.3 Å². The molecule has 1 amide bonds.